The number of anilines is 1. The summed E-state index contributed by atoms with van der Waals surface area (Å²) in [6.07, 6.45) is 3.05. The van der Waals surface area contributed by atoms with E-state index >= 15 is 0 Å². The van der Waals surface area contributed by atoms with Crippen molar-refractivity contribution in [2.45, 2.75) is 0 Å². The molecule has 8 heteroatoms. The number of hydrogen-bond donors (Lipinski definition) is 0. The first-order chi connectivity index (χ1) is 13.6. The molecule has 0 aliphatic heterocycles. The molecule has 0 N–H and O–H groups in total. The van der Waals surface area contributed by atoms with Crippen molar-refractivity contribution in [3.63, 3.8) is 0 Å². The number of rotatable bonds is 5. The van der Waals surface area contributed by atoms with Gasteiger partial charge in [0.15, 0.2) is 5.76 Å². The first kappa shape index (κ1) is 18.4. The Morgan fingerprint density at radius 2 is 2.07 bits per heavy atom. The van der Waals surface area contributed by atoms with Gasteiger partial charge in [0.1, 0.15) is 5.75 Å². The van der Waals surface area contributed by atoms with Crippen molar-refractivity contribution in [2.24, 2.45) is 5.10 Å². The molecule has 28 heavy (non-hydrogen) atoms. The maximum absolute atomic E-state index is 12.9. The number of halogens is 1. The number of methoxy groups -OCH3 is 1. The third-order valence-electron chi connectivity index (χ3n) is 3.88. The van der Waals surface area contributed by atoms with Crippen molar-refractivity contribution in [2.75, 3.05) is 12.1 Å². The standard InChI is InChI=1S/C20H14BrN3O3S/c1-26-15-7-4-13(5-8-15)12-22-24(19(25)17-3-2-10-27-17)20-23-16-9-6-14(21)11-18(16)28-20/h2-12H,1H3/b22-12+. The van der Waals surface area contributed by atoms with Crippen LogP contribution in [0.5, 0.6) is 5.75 Å². The maximum Gasteiger partial charge on any atom is 0.316 e. The number of amides is 1. The van der Waals surface area contributed by atoms with Crippen molar-refractivity contribution in [3.8, 4) is 5.75 Å². The minimum Gasteiger partial charge on any atom is -0.497 e. The molecule has 140 valence electrons. The van der Waals surface area contributed by atoms with Crippen LogP contribution in [0, 0.1) is 0 Å². The topological polar surface area (TPSA) is 67.9 Å². The van der Waals surface area contributed by atoms with Gasteiger partial charge in [-0.15, -0.1) is 0 Å². The van der Waals surface area contributed by atoms with Gasteiger partial charge in [0, 0.05) is 4.47 Å². The summed E-state index contributed by atoms with van der Waals surface area (Å²) < 4.78 is 12.3. The number of benzene rings is 2. The van der Waals surface area contributed by atoms with Gasteiger partial charge in [-0.25, -0.2) is 4.98 Å². The fourth-order valence-corrected chi connectivity index (χ4v) is 3.96. The van der Waals surface area contributed by atoms with Gasteiger partial charge in [0.2, 0.25) is 5.13 Å². The second-order valence-corrected chi connectivity index (χ2v) is 7.65. The van der Waals surface area contributed by atoms with Crippen molar-refractivity contribution in [3.05, 3.63) is 76.7 Å². The molecule has 2 aromatic heterocycles. The summed E-state index contributed by atoms with van der Waals surface area (Å²) >= 11 is 4.83. The molecule has 0 unspecified atom stereocenters. The minimum absolute atomic E-state index is 0.187. The normalized spacial score (nSPS) is 11.2. The van der Waals surface area contributed by atoms with Gasteiger partial charge in [-0.3, -0.25) is 4.79 Å². The molecule has 1 amide bonds. The summed E-state index contributed by atoms with van der Waals surface area (Å²) in [6.45, 7) is 0. The number of hydrogen-bond acceptors (Lipinski definition) is 6. The Kier molecular flexibility index (Phi) is 5.23. The zero-order valence-corrected chi connectivity index (χ0v) is 17.1. The summed E-state index contributed by atoms with van der Waals surface area (Å²) in [4.78, 5) is 17.5. The minimum atomic E-state index is -0.395. The second-order valence-electron chi connectivity index (χ2n) is 5.72. The van der Waals surface area contributed by atoms with E-state index in [-0.39, 0.29) is 5.76 Å². The van der Waals surface area contributed by atoms with Gasteiger partial charge in [0.25, 0.3) is 0 Å². The highest BCUT2D eigenvalue weighted by Crippen LogP contribution is 2.32. The number of hydrazone groups is 1. The molecular formula is C20H14BrN3O3S. The van der Waals surface area contributed by atoms with Crippen LogP contribution in [0.2, 0.25) is 0 Å². The fraction of sp³-hybridized carbons (Fsp3) is 0.0500. The Balaban J connectivity index is 1.72. The van der Waals surface area contributed by atoms with Gasteiger partial charge < -0.3 is 9.15 Å². The van der Waals surface area contributed by atoms with Gasteiger partial charge in [-0.1, -0.05) is 27.3 Å². The number of fused-ring (bicyclic) bond motifs is 1. The van der Waals surface area contributed by atoms with Crippen LogP contribution >= 0.6 is 27.3 Å². The summed E-state index contributed by atoms with van der Waals surface area (Å²) in [6, 6.07) is 16.4. The lowest BCUT2D eigenvalue weighted by Gasteiger charge is -2.12. The van der Waals surface area contributed by atoms with Crippen LogP contribution in [-0.4, -0.2) is 24.2 Å². The Hall–Kier alpha value is -2.97. The highest BCUT2D eigenvalue weighted by Gasteiger charge is 2.23. The number of ether oxygens (including phenoxy) is 1. The van der Waals surface area contributed by atoms with E-state index in [9.17, 15) is 4.79 Å². The molecule has 0 atom stereocenters. The van der Waals surface area contributed by atoms with E-state index in [1.54, 1.807) is 25.5 Å². The molecule has 2 aromatic carbocycles. The third kappa shape index (κ3) is 3.83. The predicted molar refractivity (Wildman–Crippen MR) is 113 cm³/mol. The van der Waals surface area contributed by atoms with Gasteiger partial charge in [-0.2, -0.15) is 10.1 Å². The van der Waals surface area contributed by atoms with E-state index in [1.165, 1.54) is 22.6 Å². The quantitative estimate of drug-likeness (QED) is 0.300. The zero-order valence-electron chi connectivity index (χ0n) is 14.7. The molecule has 2 heterocycles. The van der Waals surface area contributed by atoms with Crippen LogP contribution in [-0.2, 0) is 0 Å². The van der Waals surface area contributed by atoms with E-state index in [4.69, 9.17) is 9.15 Å². The fourth-order valence-electron chi connectivity index (χ4n) is 2.48. The molecule has 0 spiro atoms. The Morgan fingerprint density at radius 1 is 1.25 bits per heavy atom. The number of thiazole rings is 1. The van der Waals surface area contributed by atoms with Gasteiger partial charge >= 0.3 is 5.91 Å². The average molecular weight is 456 g/mol. The molecule has 0 aliphatic carbocycles. The molecule has 4 aromatic rings. The Morgan fingerprint density at radius 3 is 2.79 bits per heavy atom. The molecule has 0 aliphatic rings. The average Bonchev–Trinajstić information content (AvgIpc) is 3.38. The van der Waals surface area contributed by atoms with E-state index < -0.39 is 5.91 Å². The van der Waals surface area contributed by atoms with Gasteiger partial charge in [-0.05, 0) is 60.2 Å². The molecule has 0 radical (unpaired) electrons. The van der Waals surface area contributed by atoms with E-state index in [1.807, 2.05) is 42.5 Å². The van der Waals surface area contributed by atoms with Crippen LogP contribution in [0.4, 0.5) is 5.13 Å². The molecular weight excluding hydrogens is 442 g/mol. The summed E-state index contributed by atoms with van der Waals surface area (Å²) in [5.41, 5.74) is 1.61. The van der Waals surface area contributed by atoms with E-state index in [0.717, 1.165) is 26.0 Å². The smallest absolute Gasteiger partial charge is 0.316 e. The van der Waals surface area contributed by atoms with Crippen molar-refractivity contribution >= 4 is 54.7 Å². The van der Waals surface area contributed by atoms with Gasteiger partial charge in [0.05, 0.1) is 29.8 Å². The lowest BCUT2D eigenvalue weighted by atomic mass is 10.2. The molecule has 6 nitrogen and oxygen atoms in total. The second kappa shape index (κ2) is 7.95. The predicted octanol–water partition coefficient (Wildman–Crippen LogP) is 5.34. The van der Waals surface area contributed by atoms with E-state index in [2.05, 4.69) is 26.0 Å². The van der Waals surface area contributed by atoms with Crippen molar-refractivity contribution < 1.29 is 13.9 Å². The molecule has 0 saturated heterocycles. The van der Waals surface area contributed by atoms with Crippen LogP contribution in [0.3, 0.4) is 0 Å². The summed E-state index contributed by atoms with van der Waals surface area (Å²) in [7, 11) is 1.61. The molecule has 0 fully saturated rings. The van der Waals surface area contributed by atoms with Crippen molar-refractivity contribution in [1.29, 1.82) is 0 Å². The van der Waals surface area contributed by atoms with Crippen LogP contribution in [0.25, 0.3) is 10.2 Å². The first-order valence-corrected chi connectivity index (χ1v) is 9.87. The monoisotopic (exact) mass is 455 g/mol. The Labute approximate surface area is 173 Å². The van der Waals surface area contributed by atoms with Crippen LogP contribution in [0.1, 0.15) is 16.1 Å². The molecule has 0 saturated carbocycles. The lowest BCUT2D eigenvalue weighted by Crippen LogP contribution is -2.25. The molecule has 4 rings (SSSR count). The SMILES string of the molecule is COc1ccc(/C=N/N(C(=O)c2ccco2)c2nc3ccc(Br)cc3s2)cc1. The number of carbonyl (C=O) groups is 1. The number of carbonyl (C=O) groups excluding carboxylic acids is 1. The maximum atomic E-state index is 12.9. The summed E-state index contributed by atoms with van der Waals surface area (Å²) in [5.74, 6) is 0.539. The molecule has 0 bridgehead atoms. The Bertz CT molecular complexity index is 1140. The number of aromatic nitrogens is 1. The largest absolute Gasteiger partial charge is 0.497 e. The highest BCUT2D eigenvalue weighted by atomic mass is 79.9. The number of furan rings is 1. The number of nitrogens with zero attached hydrogens (tertiary/aromatic N) is 3. The lowest BCUT2D eigenvalue weighted by molar-refractivity contribution is 0.0961. The van der Waals surface area contributed by atoms with Crippen LogP contribution < -0.4 is 9.75 Å². The van der Waals surface area contributed by atoms with Crippen molar-refractivity contribution in [1.82, 2.24) is 4.98 Å². The summed E-state index contributed by atoms with van der Waals surface area (Å²) in [5, 5.41) is 6.10. The highest BCUT2D eigenvalue weighted by molar-refractivity contribution is 9.10. The third-order valence-corrected chi connectivity index (χ3v) is 5.37. The van der Waals surface area contributed by atoms with E-state index in [0.29, 0.717) is 5.13 Å². The van der Waals surface area contributed by atoms with Crippen LogP contribution in [0.15, 0.2) is 74.9 Å². The zero-order chi connectivity index (χ0) is 19.5. The first-order valence-electron chi connectivity index (χ1n) is 8.26.